The Morgan fingerprint density at radius 1 is 1.41 bits per heavy atom. The number of piperidine rings is 1. The zero-order valence-corrected chi connectivity index (χ0v) is 9.30. The molecule has 3 rings (SSSR count). The second-order valence-electron chi connectivity index (χ2n) is 4.85. The first-order chi connectivity index (χ1) is 8.16. The second kappa shape index (κ2) is 3.68. The Morgan fingerprint density at radius 3 is 2.82 bits per heavy atom. The van der Waals surface area contributed by atoms with Crippen LogP contribution in [0.2, 0.25) is 0 Å². The summed E-state index contributed by atoms with van der Waals surface area (Å²) in [7, 11) is 0. The minimum atomic E-state index is -0.740. The highest BCUT2D eigenvalue weighted by atomic mass is 19.1. The Labute approximate surface area is 98.2 Å². The SMILES string of the molecule is O=[N+]([O-])c1c(F)cccc1N1CC2CCC1C2. The van der Waals surface area contributed by atoms with E-state index in [0.717, 1.165) is 25.5 Å². The van der Waals surface area contributed by atoms with Crippen LogP contribution in [0.5, 0.6) is 0 Å². The van der Waals surface area contributed by atoms with E-state index in [9.17, 15) is 14.5 Å². The third-order valence-corrected chi connectivity index (χ3v) is 3.87. The summed E-state index contributed by atoms with van der Waals surface area (Å²) in [5.74, 6) is -0.113. The normalized spacial score (nSPS) is 26.5. The van der Waals surface area contributed by atoms with Crippen LogP contribution in [0.4, 0.5) is 15.8 Å². The molecule has 2 bridgehead atoms. The van der Waals surface area contributed by atoms with Gasteiger partial charge in [0.25, 0.3) is 0 Å². The molecule has 0 aromatic heterocycles. The van der Waals surface area contributed by atoms with E-state index >= 15 is 0 Å². The van der Waals surface area contributed by atoms with E-state index in [1.807, 2.05) is 4.90 Å². The highest BCUT2D eigenvalue weighted by Crippen LogP contribution is 2.43. The number of nitrogens with zero attached hydrogens (tertiary/aromatic N) is 2. The largest absolute Gasteiger partial charge is 0.363 e. The monoisotopic (exact) mass is 236 g/mol. The van der Waals surface area contributed by atoms with Crippen LogP contribution >= 0.6 is 0 Å². The maximum atomic E-state index is 13.5. The highest BCUT2D eigenvalue weighted by molar-refractivity contribution is 5.65. The third kappa shape index (κ3) is 1.57. The van der Waals surface area contributed by atoms with Gasteiger partial charge in [-0.05, 0) is 37.3 Å². The van der Waals surface area contributed by atoms with Crippen molar-refractivity contribution in [1.29, 1.82) is 0 Å². The number of nitro groups is 1. The molecular formula is C12H13FN2O2. The van der Waals surface area contributed by atoms with Crippen LogP contribution in [0, 0.1) is 21.8 Å². The lowest BCUT2D eigenvalue weighted by atomic mass is 10.1. The lowest BCUT2D eigenvalue weighted by Gasteiger charge is -2.28. The summed E-state index contributed by atoms with van der Waals surface area (Å²) in [6.45, 7) is 0.828. The van der Waals surface area contributed by atoms with E-state index in [0.29, 0.717) is 17.6 Å². The highest BCUT2D eigenvalue weighted by Gasteiger charge is 2.40. The predicted molar refractivity (Wildman–Crippen MR) is 61.5 cm³/mol. The van der Waals surface area contributed by atoms with Crippen LogP contribution in [0.1, 0.15) is 19.3 Å². The average Bonchev–Trinajstić information content (AvgIpc) is 2.89. The van der Waals surface area contributed by atoms with Crippen molar-refractivity contribution in [2.75, 3.05) is 11.4 Å². The van der Waals surface area contributed by atoms with Crippen molar-refractivity contribution in [2.24, 2.45) is 5.92 Å². The Hall–Kier alpha value is -1.65. The van der Waals surface area contributed by atoms with Crippen LogP contribution in [0.25, 0.3) is 0 Å². The number of benzene rings is 1. The number of halogens is 1. The van der Waals surface area contributed by atoms with Crippen LogP contribution in [-0.2, 0) is 0 Å². The minimum absolute atomic E-state index is 0.362. The molecule has 0 radical (unpaired) electrons. The fourth-order valence-electron chi connectivity index (χ4n) is 3.14. The van der Waals surface area contributed by atoms with E-state index in [1.54, 1.807) is 12.1 Å². The zero-order valence-electron chi connectivity index (χ0n) is 9.30. The van der Waals surface area contributed by atoms with Gasteiger partial charge in [0.1, 0.15) is 5.69 Å². The Balaban J connectivity index is 2.03. The Kier molecular flexibility index (Phi) is 2.28. The van der Waals surface area contributed by atoms with Gasteiger partial charge in [-0.3, -0.25) is 10.1 Å². The fraction of sp³-hybridized carbons (Fsp3) is 0.500. The third-order valence-electron chi connectivity index (χ3n) is 3.87. The van der Waals surface area contributed by atoms with Crippen molar-refractivity contribution in [2.45, 2.75) is 25.3 Å². The molecule has 90 valence electrons. The summed E-state index contributed by atoms with van der Waals surface area (Å²) in [5, 5.41) is 10.9. The molecule has 2 unspecified atom stereocenters. The van der Waals surface area contributed by atoms with Gasteiger partial charge in [-0.1, -0.05) is 6.07 Å². The summed E-state index contributed by atoms with van der Waals surface area (Å²) in [4.78, 5) is 12.3. The Bertz CT molecular complexity index is 478. The molecule has 17 heavy (non-hydrogen) atoms. The smallest absolute Gasteiger partial charge is 0.327 e. The lowest BCUT2D eigenvalue weighted by Crippen LogP contribution is -2.32. The minimum Gasteiger partial charge on any atom is -0.363 e. The molecule has 0 spiro atoms. The van der Waals surface area contributed by atoms with Gasteiger partial charge < -0.3 is 4.90 Å². The molecule has 1 saturated carbocycles. The Morgan fingerprint density at radius 2 is 2.24 bits per heavy atom. The summed E-state index contributed by atoms with van der Waals surface area (Å²) in [5.41, 5.74) is 0.0715. The van der Waals surface area contributed by atoms with Gasteiger partial charge in [-0.2, -0.15) is 4.39 Å². The molecular weight excluding hydrogens is 223 g/mol. The zero-order chi connectivity index (χ0) is 12.0. The first kappa shape index (κ1) is 10.5. The van der Waals surface area contributed by atoms with Crippen LogP contribution in [0.15, 0.2) is 18.2 Å². The molecule has 1 aromatic carbocycles. The van der Waals surface area contributed by atoms with E-state index in [2.05, 4.69) is 0 Å². The van der Waals surface area contributed by atoms with Crippen molar-refractivity contribution in [3.8, 4) is 0 Å². The van der Waals surface area contributed by atoms with Crippen molar-refractivity contribution in [3.63, 3.8) is 0 Å². The number of para-hydroxylation sites is 1. The van der Waals surface area contributed by atoms with Gasteiger partial charge in [-0.15, -0.1) is 0 Å². The van der Waals surface area contributed by atoms with Crippen molar-refractivity contribution in [1.82, 2.24) is 0 Å². The standard InChI is InChI=1S/C12H13FN2O2/c13-10-2-1-3-11(12(10)15(16)17)14-7-8-4-5-9(14)6-8/h1-3,8-9H,4-7H2. The van der Waals surface area contributed by atoms with Gasteiger partial charge >= 0.3 is 5.69 Å². The van der Waals surface area contributed by atoms with Gasteiger partial charge in [0, 0.05) is 12.6 Å². The molecule has 1 aliphatic carbocycles. The molecule has 5 heteroatoms. The van der Waals surface area contributed by atoms with Crippen LogP contribution in [0.3, 0.4) is 0 Å². The number of hydrogen-bond acceptors (Lipinski definition) is 3. The summed E-state index contributed by atoms with van der Waals surface area (Å²) >= 11 is 0. The molecule has 1 saturated heterocycles. The maximum absolute atomic E-state index is 13.5. The number of anilines is 1. The molecule has 1 heterocycles. The number of fused-ring (bicyclic) bond motifs is 2. The van der Waals surface area contributed by atoms with Crippen molar-refractivity contribution in [3.05, 3.63) is 34.1 Å². The first-order valence-corrected chi connectivity index (χ1v) is 5.86. The molecule has 2 aliphatic rings. The average molecular weight is 236 g/mol. The van der Waals surface area contributed by atoms with Gasteiger partial charge in [0.2, 0.25) is 5.82 Å². The quantitative estimate of drug-likeness (QED) is 0.586. The second-order valence-corrected chi connectivity index (χ2v) is 4.85. The van der Waals surface area contributed by atoms with Crippen LogP contribution < -0.4 is 4.90 Å². The van der Waals surface area contributed by atoms with Gasteiger partial charge in [0.15, 0.2) is 0 Å². The van der Waals surface area contributed by atoms with Gasteiger partial charge in [-0.25, -0.2) is 0 Å². The lowest BCUT2D eigenvalue weighted by molar-refractivity contribution is -0.386. The molecule has 2 atom stereocenters. The maximum Gasteiger partial charge on any atom is 0.327 e. The molecule has 1 aliphatic heterocycles. The summed E-state index contributed by atoms with van der Waals surface area (Å²) in [6.07, 6.45) is 3.36. The summed E-state index contributed by atoms with van der Waals surface area (Å²) < 4.78 is 13.5. The molecule has 2 fully saturated rings. The van der Waals surface area contributed by atoms with Crippen molar-refractivity contribution < 1.29 is 9.31 Å². The van der Waals surface area contributed by atoms with E-state index in [-0.39, 0.29) is 5.69 Å². The number of hydrogen-bond donors (Lipinski definition) is 0. The molecule has 0 amide bonds. The number of rotatable bonds is 2. The molecule has 1 aromatic rings. The first-order valence-electron chi connectivity index (χ1n) is 5.86. The number of nitro benzene ring substituents is 1. The molecule has 0 N–H and O–H groups in total. The van der Waals surface area contributed by atoms with E-state index in [4.69, 9.17) is 0 Å². The molecule has 4 nitrogen and oxygen atoms in total. The predicted octanol–water partition coefficient (Wildman–Crippen LogP) is 2.72. The summed E-state index contributed by atoms with van der Waals surface area (Å²) in [6, 6.07) is 4.71. The van der Waals surface area contributed by atoms with E-state index in [1.165, 1.54) is 6.42 Å². The van der Waals surface area contributed by atoms with E-state index < -0.39 is 10.7 Å². The topological polar surface area (TPSA) is 46.4 Å². The fourth-order valence-corrected chi connectivity index (χ4v) is 3.14. The van der Waals surface area contributed by atoms with Crippen LogP contribution in [-0.4, -0.2) is 17.5 Å². The van der Waals surface area contributed by atoms with Gasteiger partial charge in [0.05, 0.1) is 4.92 Å². The van der Waals surface area contributed by atoms with Crippen molar-refractivity contribution >= 4 is 11.4 Å².